The van der Waals surface area contributed by atoms with Gasteiger partial charge in [0.25, 0.3) is 0 Å². The topological polar surface area (TPSA) is 49.3 Å². The molecule has 0 aliphatic carbocycles. The van der Waals surface area contributed by atoms with E-state index >= 15 is 0 Å². The van der Waals surface area contributed by atoms with E-state index in [1.54, 1.807) is 18.4 Å². The molecule has 1 unspecified atom stereocenters. The Balaban J connectivity index is 4.52. The quantitative estimate of drug-likeness (QED) is 0.489. The van der Waals surface area contributed by atoms with Crippen LogP contribution in [0.4, 0.5) is 0 Å². The Kier molecular flexibility index (Phi) is 6.68. The van der Waals surface area contributed by atoms with Gasteiger partial charge in [0, 0.05) is 18.7 Å². The van der Waals surface area contributed by atoms with Crippen LogP contribution in [0.1, 0.15) is 19.8 Å². The van der Waals surface area contributed by atoms with Gasteiger partial charge in [-0.2, -0.15) is 0 Å². The Hall–Kier alpha value is -1.77. The molecule has 3 heteroatoms. The van der Waals surface area contributed by atoms with Crippen LogP contribution in [-0.4, -0.2) is 17.1 Å². The van der Waals surface area contributed by atoms with Crippen molar-refractivity contribution in [1.82, 2.24) is 5.32 Å². The van der Waals surface area contributed by atoms with Crippen molar-refractivity contribution in [2.75, 3.05) is 0 Å². The molecule has 0 saturated heterocycles. The molecule has 1 atom stereocenters. The van der Waals surface area contributed by atoms with Crippen molar-refractivity contribution >= 4 is 5.97 Å². The summed E-state index contributed by atoms with van der Waals surface area (Å²) >= 11 is 0. The standard InChI is InChI=1S/C13H19NO2/c1-5-10(3)12(7-8-13(15)16)9-14-11(4)6-2/h5-6,9,11,14H,1-3,7-8H2,4H3,(H,15,16)/b12-9-. The van der Waals surface area contributed by atoms with E-state index < -0.39 is 5.97 Å². The van der Waals surface area contributed by atoms with Crippen molar-refractivity contribution in [2.45, 2.75) is 25.8 Å². The Morgan fingerprint density at radius 2 is 2.06 bits per heavy atom. The predicted molar refractivity (Wildman–Crippen MR) is 67.1 cm³/mol. The minimum atomic E-state index is -0.820. The van der Waals surface area contributed by atoms with Gasteiger partial charge in [0.2, 0.25) is 0 Å². The predicted octanol–water partition coefficient (Wildman–Crippen LogP) is 2.64. The minimum absolute atomic E-state index is 0.0862. The molecule has 3 nitrogen and oxygen atoms in total. The monoisotopic (exact) mass is 221 g/mol. The second kappa shape index (κ2) is 7.51. The average molecular weight is 221 g/mol. The van der Waals surface area contributed by atoms with E-state index in [1.165, 1.54) is 0 Å². The molecule has 0 aliphatic rings. The zero-order valence-corrected chi connectivity index (χ0v) is 9.70. The van der Waals surface area contributed by atoms with E-state index in [4.69, 9.17) is 5.11 Å². The van der Waals surface area contributed by atoms with Gasteiger partial charge in [0.1, 0.15) is 0 Å². The lowest BCUT2D eigenvalue weighted by Gasteiger charge is -2.10. The lowest BCUT2D eigenvalue weighted by atomic mass is 10.0. The maximum atomic E-state index is 10.5. The summed E-state index contributed by atoms with van der Waals surface area (Å²) in [5.74, 6) is -0.820. The first-order chi connectivity index (χ1) is 7.51. The number of hydrogen-bond donors (Lipinski definition) is 2. The minimum Gasteiger partial charge on any atom is -0.481 e. The smallest absolute Gasteiger partial charge is 0.303 e. The van der Waals surface area contributed by atoms with Gasteiger partial charge in [0.05, 0.1) is 0 Å². The van der Waals surface area contributed by atoms with E-state index in [2.05, 4.69) is 25.1 Å². The van der Waals surface area contributed by atoms with Crippen LogP contribution in [0.5, 0.6) is 0 Å². The summed E-state index contributed by atoms with van der Waals surface area (Å²) in [7, 11) is 0. The number of carboxylic acid groups (broad SMARTS) is 1. The van der Waals surface area contributed by atoms with E-state index in [0.29, 0.717) is 6.42 Å². The van der Waals surface area contributed by atoms with Crippen molar-refractivity contribution in [3.05, 3.63) is 49.2 Å². The van der Waals surface area contributed by atoms with E-state index in [9.17, 15) is 4.79 Å². The molecule has 0 saturated carbocycles. The molecule has 2 N–H and O–H groups in total. The zero-order valence-electron chi connectivity index (χ0n) is 9.70. The Bertz CT molecular complexity index is 316. The molecular formula is C13H19NO2. The first-order valence-corrected chi connectivity index (χ1v) is 5.12. The highest BCUT2D eigenvalue weighted by atomic mass is 16.4. The van der Waals surface area contributed by atoms with Crippen LogP contribution in [0, 0.1) is 0 Å². The van der Waals surface area contributed by atoms with Gasteiger partial charge in [-0.15, -0.1) is 6.58 Å². The van der Waals surface area contributed by atoms with Gasteiger partial charge >= 0.3 is 5.97 Å². The maximum Gasteiger partial charge on any atom is 0.303 e. The summed E-state index contributed by atoms with van der Waals surface area (Å²) in [5, 5.41) is 11.7. The van der Waals surface area contributed by atoms with Crippen LogP contribution in [-0.2, 0) is 4.79 Å². The number of nitrogens with one attached hydrogen (secondary N) is 1. The van der Waals surface area contributed by atoms with Gasteiger partial charge in [-0.1, -0.05) is 25.3 Å². The molecule has 0 radical (unpaired) electrons. The fourth-order valence-electron chi connectivity index (χ4n) is 0.998. The SMILES string of the molecule is C=CC(=C)/C(=C\NC(C)C=C)CCC(=O)O. The second-order valence-corrected chi connectivity index (χ2v) is 3.48. The number of hydrogen-bond acceptors (Lipinski definition) is 2. The van der Waals surface area contributed by atoms with Gasteiger partial charge in [-0.05, 0) is 24.5 Å². The summed E-state index contributed by atoms with van der Waals surface area (Å²) in [6.07, 6.45) is 5.69. The van der Waals surface area contributed by atoms with Crippen molar-refractivity contribution in [1.29, 1.82) is 0 Å². The first-order valence-electron chi connectivity index (χ1n) is 5.12. The van der Waals surface area contributed by atoms with Crippen LogP contribution < -0.4 is 5.32 Å². The molecule has 0 heterocycles. The van der Waals surface area contributed by atoms with Gasteiger partial charge in [0.15, 0.2) is 0 Å². The molecule has 16 heavy (non-hydrogen) atoms. The van der Waals surface area contributed by atoms with Crippen molar-refractivity contribution in [3.63, 3.8) is 0 Å². The molecular weight excluding hydrogens is 202 g/mol. The molecule has 0 aliphatic heterocycles. The Labute approximate surface area is 96.9 Å². The largest absolute Gasteiger partial charge is 0.481 e. The van der Waals surface area contributed by atoms with Gasteiger partial charge in [-0.25, -0.2) is 0 Å². The van der Waals surface area contributed by atoms with E-state index in [0.717, 1.165) is 11.1 Å². The van der Waals surface area contributed by atoms with Crippen LogP contribution in [0.25, 0.3) is 0 Å². The number of aliphatic carboxylic acids is 1. The summed E-state index contributed by atoms with van der Waals surface area (Å²) in [6.45, 7) is 13.0. The summed E-state index contributed by atoms with van der Waals surface area (Å²) in [4.78, 5) is 10.5. The molecule has 0 amide bonds. The molecule has 0 spiro atoms. The Morgan fingerprint density at radius 1 is 1.44 bits per heavy atom. The lowest BCUT2D eigenvalue weighted by molar-refractivity contribution is -0.136. The third-order valence-corrected chi connectivity index (χ3v) is 2.14. The highest BCUT2D eigenvalue weighted by Gasteiger charge is 2.04. The zero-order chi connectivity index (χ0) is 12.6. The van der Waals surface area contributed by atoms with Crippen LogP contribution in [0.2, 0.25) is 0 Å². The van der Waals surface area contributed by atoms with Crippen molar-refractivity contribution < 1.29 is 9.90 Å². The molecule has 88 valence electrons. The van der Waals surface area contributed by atoms with Crippen LogP contribution in [0.3, 0.4) is 0 Å². The molecule has 0 aromatic heterocycles. The molecule has 0 rings (SSSR count). The highest BCUT2D eigenvalue weighted by Crippen LogP contribution is 2.14. The van der Waals surface area contributed by atoms with Crippen LogP contribution >= 0.6 is 0 Å². The molecule has 0 aromatic carbocycles. The summed E-state index contributed by atoms with van der Waals surface area (Å²) in [6, 6.07) is 0.137. The fourth-order valence-corrected chi connectivity index (χ4v) is 0.998. The van der Waals surface area contributed by atoms with Crippen LogP contribution in [0.15, 0.2) is 49.2 Å². The van der Waals surface area contributed by atoms with Crippen molar-refractivity contribution in [2.24, 2.45) is 0 Å². The highest BCUT2D eigenvalue weighted by molar-refractivity contribution is 5.67. The summed E-state index contributed by atoms with van der Waals surface area (Å²) in [5.41, 5.74) is 1.59. The van der Waals surface area contributed by atoms with Crippen molar-refractivity contribution in [3.8, 4) is 0 Å². The second-order valence-electron chi connectivity index (χ2n) is 3.48. The normalized spacial score (nSPS) is 12.7. The number of carboxylic acids is 1. The lowest BCUT2D eigenvalue weighted by Crippen LogP contribution is -2.18. The fraction of sp³-hybridized carbons (Fsp3) is 0.308. The number of rotatable bonds is 8. The third-order valence-electron chi connectivity index (χ3n) is 2.14. The third kappa shape index (κ3) is 5.86. The first kappa shape index (κ1) is 14.2. The average Bonchev–Trinajstić information content (AvgIpc) is 2.27. The van der Waals surface area contributed by atoms with E-state index in [1.807, 2.05) is 6.92 Å². The number of allylic oxidation sites excluding steroid dienone is 3. The van der Waals surface area contributed by atoms with Gasteiger partial charge in [-0.3, -0.25) is 4.79 Å². The molecule has 0 aromatic rings. The summed E-state index contributed by atoms with van der Waals surface area (Å²) < 4.78 is 0. The number of carbonyl (C=O) groups is 1. The Morgan fingerprint density at radius 3 is 2.50 bits per heavy atom. The van der Waals surface area contributed by atoms with E-state index in [-0.39, 0.29) is 12.5 Å². The van der Waals surface area contributed by atoms with Gasteiger partial charge < -0.3 is 10.4 Å². The molecule has 0 bridgehead atoms. The molecule has 0 fully saturated rings. The maximum absolute atomic E-state index is 10.5.